The van der Waals surface area contributed by atoms with Crippen molar-refractivity contribution in [2.75, 3.05) is 45.9 Å². The average molecular weight is 565 g/mol. The van der Waals surface area contributed by atoms with E-state index in [0.717, 1.165) is 23.5 Å². The lowest BCUT2D eigenvalue weighted by Gasteiger charge is -2.31. The quantitative estimate of drug-likeness (QED) is 0.340. The summed E-state index contributed by atoms with van der Waals surface area (Å²) in [5.41, 5.74) is 1.13. The molecule has 4 rings (SSSR count). The SMILES string of the molecule is O=C(CN(CCN1CCOCC1)C(=O)c1cc(Cl)cc(Cl)c1)N(Cc1ccc(F)cc1)Cc1cccs1. The van der Waals surface area contributed by atoms with Crippen LogP contribution in [0.5, 0.6) is 0 Å². The van der Waals surface area contributed by atoms with Crippen LogP contribution in [-0.2, 0) is 22.6 Å². The maximum Gasteiger partial charge on any atom is 0.254 e. The van der Waals surface area contributed by atoms with E-state index in [1.54, 1.807) is 51.5 Å². The van der Waals surface area contributed by atoms with Crippen LogP contribution < -0.4 is 0 Å². The van der Waals surface area contributed by atoms with E-state index in [1.165, 1.54) is 12.1 Å². The molecule has 0 saturated carbocycles. The van der Waals surface area contributed by atoms with Crippen LogP contribution in [0.2, 0.25) is 10.0 Å². The molecule has 0 atom stereocenters. The van der Waals surface area contributed by atoms with Crippen LogP contribution in [0.4, 0.5) is 4.39 Å². The van der Waals surface area contributed by atoms with Crippen molar-refractivity contribution in [3.8, 4) is 0 Å². The predicted octanol–water partition coefficient (Wildman–Crippen LogP) is 5.20. The van der Waals surface area contributed by atoms with Gasteiger partial charge in [0.25, 0.3) is 5.91 Å². The monoisotopic (exact) mass is 563 g/mol. The summed E-state index contributed by atoms with van der Waals surface area (Å²) in [6.45, 7) is 4.37. The Morgan fingerprint density at radius 2 is 1.68 bits per heavy atom. The zero-order valence-electron chi connectivity index (χ0n) is 20.2. The van der Waals surface area contributed by atoms with E-state index in [4.69, 9.17) is 27.9 Å². The number of hydrogen-bond acceptors (Lipinski definition) is 5. The number of nitrogens with zero attached hydrogens (tertiary/aromatic N) is 3. The molecule has 10 heteroatoms. The van der Waals surface area contributed by atoms with Crippen LogP contribution in [0, 0.1) is 5.82 Å². The highest BCUT2D eigenvalue weighted by Gasteiger charge is 2.24. The Morgan fingerprint density at radius 1 is 0.973 bits per heavy atom. The lowest BCUT2D eigenvalue weighted by Crippen LogP contribution is -2.47. The third-order valence-corrected chi connectivity index (χ3v) is 7.38. The van der Waals surface area contributed by atoms with Crippen LogP contribution in [0.15, 0.2) is 60.0 Å². The van der Waals surface area contributed by atoms with Crippen LogP contribution in [-0.4, -0.2) is 72.5 Å². The van der Waals surface area contributed by atoms with E-state index in [1.807, 2.05) is 17.5 Å². The second-order valence-electron chi connectivity index (χ2n) is 8.79. The highest BCUT2D eigenvalue weighted by molar-refractivity contribution is 7.09. The van der Waals surface area contributed by atoms with Crippen LogP contribution >= 0.6 is 34.5 Å². The van der Waals surface area contributed by atoms with Crippen LogP contribution in [0.25, 0.3) is 0 Å². The summed E-state index contributed by atoms with van der Waals surface area (Å²) in [4.78, 5) is 33.7. The van der Waals surface area contributed by atoms with Gasteiger partial charge in [-0.25, -0.2) is 4.39 Å². The Bertz CT molecular complexity index is 1170. The number of ether oxygens (including phenoxy) is 1. The van der Waals surface area contributed by atoms with E-state index in [-0.39, 0.29) is 24.2 Å². The highest BCUT2D eigenvalue weighted by Crippen LogP contribution is 2.21. The number of rotatable bonds is 10. The molecule has 0 unspecified atom stereocenters. The predicted molar refractivity (Wildman–Crippen MR) is 145 cm³/mol. The second kappa shape index (κ2) is 13.3. The molecule has 3 aromatic rings. The Hall–Kier alpha value is -2.49. The van der Waals surface area contributed by atoms with Crippen molar-refractivity contribution in [3.63, 3.8) is 0 Å². The van der Waals surface area contributed by atoms with Gasteiger partial charge in [0.05, 0.1) is 19.8 Å². The molecule has 0 aliphatic carbocycles. The summed E-state index contributed by atoms with van der Waals surface area (Å²) in [7, 11) is 0. The van der Waals surface area contributed by atoms with Gasteiger partial charge in [0.1, 0.15) is 12.4 Å². The number of amides is 2. The summed E-state index contributed by atoms with van der Waals surface area (Å²) in [5.74, 6) is -0.856. The molecule has 0 radical (unpaired) electrons. The zero-order valence-corrected chi connectivity index (χ0v) is 22.6. The molecule has 0 spiro atoms. The molecule has 2 aromatic carbocycles. The van der Waals surface area contributed by atoms with Gasteiger partial charge in [-0.05, 0) is 47.3 Å². The molecule has 2 heterocycles. The largest absolute Gasteiger partial charge is 0.379 e. The second-order valence-corrected chi connectivity index (χ2v) is 10.7. The Labute approximate surface area is 230 Å². The first-order chi connectivity index (χ1) is 17.9. The van der Waals surface area contributed by atoms with E-state index >= 15 is 0 Å². The molecule has 196 valence electrons. The highest BCUT2D eigenvalue weighted by atomic mass is 35.5. The van der Waals surface area contributed by atoms with Crippen molar-refractivity contribution >= 4 is 46.4 Å². The van der Waals surface area contributed by atoms with Crippen molar-refractivity contribution in [2.24, 2.45) is 0 Å². The fourth-order valence-electron chi connectivity index (χ4n) is 4.10. The fourth-order valence-corrected chi connectivity index (χ4v) is 5.34. The maximum absolute atomic E-state index is 13.6. The molecule has 6 nitrogen and oxygen atoms in total. The Morgan fingerprint density at radius 3 is 2.32 bits per heavy atom. The zero-order chi connectivity index (χ0) is 26.2. The van der Waals surface area contributed by atoms with Crippen LogP contribution in [0.3, 0.4) is 0 Å². The van der Waals surface area contributed by atoms with E-state index in [9.17, 15) is 14.0 Å². The molecule has 1 fully saturated rings. The standard InChI is InChI=1S/C27H28Cl2FN3O3S/c28-22-14-21(15-23(29)16-22)27(35)32(8-7-31-9-11-36-12-10-31)19-26(34)33(18-25-2-1-13-37-25)17-20-3-5-24(30)6-4-20/h1-6,13-16H,7-12,17-19H2. The van der Waals surface area contributed by atoms with Gasteiger partial charge in [-0.3, -0.25) is 14.5 Å². The molecule has 1 aromatic heterocycles. The molecule has 2 amide bonds. The number of morpholine rings is 1. The van der Waals surface area contributed by atoms with Crippen molar-refractivity contribution in [2.45, 2.75) is 13.1 Å². The number of thiophene rings is 1. The molecular weight excluding hydrogens is 536 g/mol. The van der Waals surface area contributed by atoms with Crippen molar-refractivity contribution in [1.82, 2.24) is 14.7 Å². The minimum atomic E-state index is -0.333. The molecule has 1 saturated heterocycles. The number of carbonyl (C=O) groups is 2. The number of carbonyl (C=O) groups excluding carboxylic acids is 2. The van der Waals surface area contributed by atoms with Crippen LogP contribution in [0.1, 0.15) is 20.8 Å². The topological polar surface area (TPSA) is 53.1 Å². The minimum absolute atomic E-state index is 0.111. The summed E-state index contributed by atoms with van der Waals surface area (Å²) in [6, 6.07) is 14.7. The molecule has 0 N–H and O–H groups in total. The van der Waals surface area contributed by atoms with Gasteiger partial charge in [-0.1, -0.05) is 41.4 Å². The molecule has 1 aliphatic rings. The van der Waals surface area contributed by atoms with Gasteiger partial charge >= 0.3 is 0 Å². The average Bonchev–Trinajstić information content (AvgIpc) is 3.40. The van der Waals surface area contributed by atoms with Gasteiger partial charge in [-0.15, -0.1) is 11.3 Å². The van der Waals surface area contributed by atoms with Gasteiger partial charge in [0.2, 0.25) is 5.91 Å². The Kier molecular flexibility index (Phi) is 9.94. The van der Waals surface area contributed by atoms with Gasteiger partial charge < -0.3 is 14.5 Å². The number of hydrogen-bond donors (Lipinski definition) is 0. The molecular formula is C27H28Cl2FN3O3S. The molecule has 1 aliphatic heterocycles. The number of halogens is 3. The van der Waals surface area contributed by atoms with Crippen molar-refractivity contribution in [1.29, 1.82) is 0 Å². The lowest BCUT2D eigenvalue weighted by atomic mass is 10.1. The molecule has 37 heavy (non-hydrogen) atoms. The first-order valence-corrected chi connectivity index (χ1v) is 13.6. The summed E-state index contributed by atoms with van der Waals surface area (Å²) >= 11 is 13.9. The first kappa shape index (κ1) is 27.5. The van der Waals surface area contributed by atoms with Gasteiger partial charge in [-0.2, -0.15) is 0 Å². The van der Waals surface area contributed by atoms with Crippen molar-refractivity contribution in [3.05, 3.63) is 91.8 Å². The van der Waals surface area contributed by atoms with Gasteiger partial charge in [0.15, 0.2) is 0 Å². The third kappa shape index (κ3) is 8.25. The normalized spacial score (nSPS) is 13.9. The third-order valence-electron chi connectivity index (χ3n) is 6.08. The minimum Gasteiger partial charge on any atom is -0.379 e. The summed E-state index contributed by atoms with van der Waals surface area (Å²) < 4.78 is 18.9. The molecule has 0 bridgehead atoms. The van der Waals surface area contributed by atoms with Crippen molar-refractivity contribution < 1.29 is 18.7 Å². The first-order valence-electron chi connectivity index (χ1n) is 12.0. The Balaban J connectivity index is 1.54. The maximum atomic E-state index is 13.6. The summed E-state index contributed by atoms with van der Waals surface area (Å²) in [6.07, 6.45) is 0. The van der Waals surface area contributed by atoms with Gasteiger partial charge in [0, 0.05) is 53.2 Å². The van der Waals surface area contributed by atoms with E-state index < -0.39 is 0 Å². The lowest BCUT2D eigenvalue weighted by molar-refractivity contribution is -0.133. The number of benzene rings is 2. The smallest absolute Gasteiger partial charge is 0.254 e. The fraction of sp³-hybridized carbons (Fsp3) is 0.333. The summed E-state index contributed by atoms with van der Waals surface area (Å²) in [5, 5.41) is 2.66. The van der Waals surface area contributed by atoms with E-state index in [2.05, 4.69) is 4.90 Å². The van der Waals surface area contributed by atoms with E-state index in [0.29, 0.717) is 55.0 Å².